The fraction of sp³-hybridized carbons (Fsp3) is 0.222. The number of nitrogens with one attached hydrogen (secondary N) is 1. The molecule has 0 aliphatic rings. The highest BCUT2D eigenvalue weighted by atomic mass is 16.3. The molecule has 3 heteroatoms. The number of hydrogen-bond acceptors (Lipinski definition) is 3. The lowest BCUT2D eigenvalue weighted by molar-refractivity contribution is 0.311. The minimum absolute atomic E-state index is 0.0853. The van der Waals surface area contributed by atoms with Crippen LogP contribution in [0, 0.1) is 12.3 Å². The van der Waals surface area contributed by atoms with Gasteiger partial charge in [0.1, 0.15) is 11.5 Å². The van der Waals surface area contributed by atoms with Crippen molar-refractivity contribution in [2.75, 3.05) is 18.5 Å². The van der Waals surface area contributed by atoms with Crippen LogP contribution in [-0.4, -0.2) is 23.2 Å². The van der Waals surface area contributed by atoms with Crippen LogP contribution in [0.15, 0.2) is 18.2 Å². The maximum atomic E-state index is 8.52. The average molecular weight is 162 g/mol. The zero-order valence-electron chi connectivity index (χ0n) is 6.62. The lowest BCUT2D eigenvalue weighted by atomic mass is 10.3. The number of pyridine rings is 1. The van der Waals surface area contributed by atoms with Crippen molar-refractivity contribution < 1.29 is 5.11 Å². The first-order valence-corrected chi connectivity index (χ1v) is 3.65. The van der Waals surface area contributed by atoms with E-state index >= 15 is 0 Å². The summed E-state index contributed by atoms with van der Waals surface area (Å²) in [6, 6.07) is 5.38. The van der Waals surface area contributed by atoms with Crippen LogP contribution in [0.3, 0.4) is 0 Å². The normalized spacial score (nSPS) is 9.00. The van der Waals surface area contributed by atoms with Gasteiger partial charge in [-0.05, 0) is 12.1 Å². The van der Waals surface area contributed by atoms with Crippen molar-refractivity contribution >= 4 is 5.82 Å². The Bertz CT molecular complexity index is 291. The number of terminal acetylenes is 1. The maximum absolute atomic E-state index is 8.52. The van der Waals surface area contributed by atoms with E-state index in [2.05, 4.69) is 16.2 Å². The number of aliphatic hydroxyl groups is 1. The molecule has 0 aliphatic heterocycles. The lowest BCUT2D eigenvalue weighted by Gasteiger charge is -2.02. The molecule has 0 atom stereocenters. The second-order valence-electron chi connectivity index (χ2n) is 2.20. The minimum Gasteiger partial charge on any atom is -0.395 e. The lowest BCUT2D eigenvalue weighted by Crippen LogP contribution is -2.06. The third kappa shape index (κ3) is 2.26. The van der Waals surface area contributed by atoms with Crippen molar-refractivity contribution in [2.24, 2.45) is 0 Å². The second-order valence-corrected chi connectivity index (χ2v) is 2.20. The molecule has 62 valence electrons. The first kappa shape index (κ1) is 8.57. The number of hydrogen-bond donors (Lipinski definition) is 2. The van der Waals surface area contributed by atoms with Crippen LogP contribution in [0.25, 0.3) is 0 Å². The zero-order valence-corrected chi connectivity index (χ0v) is 6.62. The molecule has 2 N–H and O–H groups in total. The SMILES string of the molecule is C#Cc1cccc(NCCO)n1. The minimum atomic E-state index is 0.0853. The van der Waals surface area contributed by atoms with Crippen molar-refractivity contribution in [3.63, 3.8) is 0 Å². The third-order valence-electron chi connectivity index (χ3n) is 1.31. The quantitative estimate of drug-likeness (QED) is 0.635. The summed E-state index contributed by atoms with van der Waals surface area (Å²) in [5.74, 6) is 3.12. The van der Waals surface area contributed by atoms with E-state index in [9.17, 15) is 0 Å². The van der Waals surface area contributed by atoms with Gasteiger partial charge in [0.05, 0.1) is 6.61 Å². The van der Waals surface area contributed by atoms with Crippen LogP contribution in [0.2, 0.25) is 0 Å². The Morgan fingerprint density at radius 3 is 3.08 bits per heavy atom. The number of anilines is 1. The van der Waals surface area contributed by atoms with Crippen molar-refractivity contribution in [1.82, 2.24) is 4.98 Å². The van der Waals surface area contributed by atoms with Gasteiger partial charge in [0.25, 0.3) is 0 Å². The molecule has 12 heavy (non-hydrogen) atoms. The summed E-state index contributed by atoms with van der Waals surface area (Å²) in [5, 5.41) is 11.4. The summed E-state index contributed by atoms with van der Waals surface area (Å²) in [6.07, 6.45) is 5.16. The molecular weight excluding hydrogens is 152 g/mol. The van der Waals surface area contributed by atoms with Crippen molar-refractivity contribution in [2.45, 2.75) is 0 Å². The van der Waals surface area contributed by atoms with Crippen LogP contribution in [0.4, 0.5) is 5.82 Å². The van der Waals surface area contributed by atoms with E-state index in [1.165, 1.54) is 0 Å². The topological polar surface area (TPSA) is 45.1 Å². The zero-order chi connectivity index (χ0) is 8.81. The second kappa shape index (κ2) is 4.37. The van der Waals surface area contributed by atoms with Crippen molar-refractivity contribution in [1.29, 1.82) is 0 Å². The van der Waals surface area contributed by atoms with E-state index < -0.39 is 0 Å². The number of rotatable bonds is 3. The molecule has 0 bridgehead atoms. The Morgan fingerprint density at radius 2 is 2.42 bits per heavy atom. The largest absolute Gasteiger partial charge is 0.395 e. The van der Waals surface area contributed by atoms with E-state index in [1.807, 2.05) is 6.07 Å². The summed E-state index contributed by atoms with van der Waals surface area (Å²) in [7, 11) is 0. The Morgan fingerprint density at radius 1 is 1.58 bits per heavy atom. The summed E-state index contributed by atoms with van der Waals surface area (Å²) >= 11 is 0. The Labute approximate surface area is 71.5 Å². The predicted octanol–water partition coefficient (Wildman–Crippen LogP) is 0.467. The van der Waals surface area contributed by atoms with E-state index in [4.69, 9.17) is 11.5 Å². The molecular formula is C9H10N2O. The molecule has 0 amide bonds. The summed E-state index contributed by atoms with van der Waals surface area (Å²) in [6.45, 7) is 0.572. The summed E-state index contributed by atoms with van der Waals surface area (Å²) in [4.78, 5) is 4.07. The number of aliphatic hydroxyl groups excluding tert-OH is 1. The average Bonchev–Trinajstić information content (AvgIpc) is 2.15. The molecule has 0 fully saturated rings. The standard InChI is InChI=1S/C9H10N2O/c1-2-8-4-3-5-9(11-8)10-6-7-12/h1,3-5,12H,6-7H2,(H,10,11). The molecule has 1 heterocycles. The van der Waals surface area contributed by atoms with Gasteiger partial charge < -0.3 is 10.4 Å². The van der Waals surface area contributed by atoms with Crippen LogP contribution < -0.4 is 5.32 Å². The molecule has 0 saturated carbocycles. The van der Waals surface area contributed by atoms with Crippen LogP contribution in [0.1, 0.15) is 5.69 Å². The molecule has 1 rings (SSSR count). The van der Waals surface area contributed by atoms with E-state index in [0.717, 1.165) is 0 Å². The molecule has 3 nitrogen and oxygen atoms in total. The van der Waals surface area contributed by atoms with Crippen molar-refractivity contribution in [3.8, 4) is 12.3 Å². The fourth-order valence-electron chi connectivity index (χ4n) is 0.798. The Balaban J connectivity index is 2.68. The number of nitrogens with zero attached hydrogens (tertiary/aromatic N) is 1. The van der Waals surface area contributed by atoms with Gasteiger partial charge in [-0.2, -0.15) is 0 Å². The molecule has 0 aliphatic carbocycles. The van der Waals surface area contributed by atoms with Crippen LogP contribution in [0.5, 0.6) is 0 Å². The van der Waals surface area contributed by atoms with Crippen LogP contribution in [-0.2, 0) is 0 Å². The van der Waals surface area contributed by atoms with Gasteiger partial charge in [-0.15, -0.1) is 6.42 Å². The fourth-order valence-corrected chi connectivity index (χ4v) is 0.798. The van der Waals surface area contributed by atoms with E-state index in [-0.39, 0.29) is 6.61 Å². The van der Waals surface area contributed by atoms with Crippen molar-refractivity contribution in [3.05, 3.63) is 23.9 Å². The molecule has 0 spiro atoms. The molecule has 1 aromatic rings. The molecule has 0 unspecified atom stereocenters. The highest BCUT2D eigenvalue weighted by Gasteiger charge is 1.92. The molecule has 0 aromatic carbocycles. The van der Waals surface area contributed by atoms with E-state index in [0.29, 0.717) is 18.1 Å². The first-order valence-electron chi connectivity index (χ1n) is 3.65. The van der Waals surface area contributed by atoms with Gasteiger partial charge in [0, 0.05) is 6.54 Å². The maximum Gasteiger partial charge on any atom is 0.127 e. The van der Waals surface area contributed by atoms with E-state index in [1.54, 1.807) is 12.1 Å². The smallest absolute Gasteiger partial charge is 0.127 e. The first-order chi connectivity index (χ1) is 5.86. The molecule has 1 aromatic heterocycles. The predicted molar refractivity (Wildman–Crippen MR) is 47.7 cm³/mol. The summed E-state index contributed by atoms with van der Waals surface area (Å²) < 4.78 is 0. The molecule has 0 radical (unpaired) electrons. The highest BCUT2D eigenvalue weighted by molar-refractivity contribution is 5.39. The number of aromatic nitrogens is 1. The van der Waals surface area contributed by atoms with Gasteiger partial charge in [-0.1, -0.05) is 12.0 Å². The van der Waals surface area contributed by atoms with Gasteiger partial charge in [-0.25, -0.2) is 4.98 Å². The highest BCUT2D eigenvalue weighted by Crippen LogP contribution is 2.02. The Kier molecular flexibility index (Phi) is 3.12. The third-order valence-corrected chi connectivity index (χ3v) is 1.31. The van der Waals surface area contributed by atoms with Gasteiger partial charge >= 0.3 is 0 Å². The molecule has 0 saturated heterocycles. The monoisotopic (exact) mass is 162 g/mol. The van der Waals surface area contributed by atoms with Gasteiger partial charge in [0.2, 0.25) is 0 Å². The Hall–Kier alpha value is -1.53. The van der Waals surface area contributed by atoms with Gasteiger partial charge in [-0.3, -0.25) is 0 Å². The van der Waals surface area contributed by atoms with Crippen LogP contribution >= 0.6 is 0 Å². The van der Waals surface area contributed by atoms with Gasteiger partial charge in [0.15, 0.2) is 0 Å². The summed E-state index contributed by atoms with van der Waals surface area (Å²) in [5.41, 5.74) is 0.595.